The molecule has 1 unspecified atom stereocenters. The van der Waals surface area contributed by atoms with E-state index in [4.69, 9.17) is 5.11 Å². The second kappa shape index (κ2) is 6.25. The van der Waals surface area contributed by atoms with Crippen molar-refractivity contribution < 1.29 is 5.11 Å². The van der Waals surface area contributed by atoms with Crippen LogP contribution in [-0.2, 0) is 0 Å². The SMILES string of the molecule is CCCC(CCO)CNc1cncc2nnnn12. The molecule has 98 valence electrons. The second-order valence-corrected chi connectivity index (χ2v) is 4.29. The van der Waals surface area contributed by atoms with Crippen LogP contribution in [0.4, 0.5) is 5.82 Å². The van der Waals surface area contributed by atoms with Gasteiger partial charge in [0.1, 0.15) is 5.82 Å². The predicted molar refractivity (Wildman–Crippen MR) is 67.2 cm³/mol. The van der Waals surface area contributed by atoms with Crippen LogP contribution in [0.15, 0.2) is 12.4 Å². The molecule has 2 aromatic heterocycles. The van der Waals surface area contributed by atoms with E-state index in [1.54, 1.807) is 16.9 Å². The highest BCUT2D eigenvalue weighted by Crippen LogP contribution is 2.13. The largest absolute Gasteiger partial charge is 0.396 e. The maximum atomic E-state index is 9.02. The third kappa shape index (κ3) is 2.92. The Morgan fingerprint density at radius 2 is 2.28 bits per heavy atom. The van der Waals surface area contributed by atoms with Crippen molar-refractivity contribution in [3.8, 4) is 0 Å². The summed E-state index contributed by atoms with van der Waals surface area (Å²) >= 11 is 0. The molecule has 0 aromatic carbocycles. The summed E-state index contributed by atoms with van der Waals surface area (Å²) in [5.41, 5.74) is 0.620. The van der Waals surface area contributed by atoms with Crippen LogP contribution in [0.5, 0.6) is 0 Å². The number of tetrazole rings is 1. The first-order valence-corrected chi connectivity index (χ1v) is 6.22. The van der Waals surface area contributed by atoms with Gasteiger partial charge in [0, 0.05) is 13.2 Å². The average Bonchev–Trinajstić information content (AvgIpc) is 2.85. The maximum Gasteiger partial charge on any atom is 0.199 e. The molecule has 0 spiro atoms. The van der Waals surface area contributed by atoms with Gasteiger partial charge in [-0.2, -0.15) is 4.52 Å². The van der Waals surface area contributed by atoms with E-state index in [1.165, 1.54) is 0 Å². The summed E-state index contributed by atoms with van der Waals surface area (Å²) in [6.45, 7) is 3.16. The van der Waals surface area contributed by atoms with Crippen molar-refractivity contribution in [1.82, 2.24) is 25.0 Å². The first-order valence-electron chi connectivity index (χ1n) is 6.22. The Hall–Kier alpha value is -1.76. The smallest absolute Gasteiger partial charge is 0.199 e. The molecule has 1 atom stereocenters. The Kier molecular flexibility index (Phi) is 4.40. The van der Waals surface area contributed by atoms with Gasteiger partial charge in [-0.1, -0.05) is 13.3 Å². The van der Waals surface area contributed by atoms with E-state index in [1.807, 2.05) is 0 Å². The van der Waals surface area contributed by atoms with Crippen LogP contribution in [-0.4, -0.2) is 43.3 Å². The number of nitrogens with one attached hydrogen (secondary N) is 1. The van der Waals surface area contributed by atoms with Gasteiger partial charge < -0.3 is 10.4 Å². The molecule has 2 heterocycles. The zero-order valence-electron chi connectivity index (χ0n) is 10.5. The molecule has 0 amide bonds. The highest BCUT2D eigenvalue weighted by atomic mass is 16.3. The molecule has 0 bridgehead atoms. The molecule has 0 saturated heterocycles. The second-order valence-electron chi connectivity index (χ2n) is 4.29. The lowest BCUT2D eigenvalue weighted by molar-refractivity contribution is 0.255. The van der Waals surface area contributed by atoms with Crippen molar-refractivity contribution in [2.45, 2.75) is 26.2 Å². The lowest BCUT2D eigenvalue weighted by atomic mass is 10.0. The summed E-state index contributed by atoms with van der Waals surface area (Å²) in [5, 5.41) is 23.6. The van der Waals surface area contributed by atoms with Crippen LogP contribution in [0.25, 0.3) is 5.65 Å². The first kappa shape index (κ1) is 12.7. The summed E-state index contributed by atoms with van der Waals surface area (Å²) in [7, 11) is 0. The Morgan fingerprint density at radius 3 is 3.06 bits per heavy atom. The number of anilines is 1. The number of aromatic nitrogens is 5. The molecule has 7 heteroatoms. The molecule has 0 aliphatic heterocycles. The van der Waals surface area contributed by atoms with Gasteiger partial charge in [-0.15, -0.1) is 5.10 Å². The molecule has 7 nitrogen and oxygen atoms in total. The Bertz CT molecular complexity index is 479. The van der Waals surface area contributed by atoms with Crippen molar-refractivity contribution in [3.63, 3.8) is 0 Å². The number of aliphatic hydroxyl groups excluding tert-OH is 1. The highest BCUT2D eigenvalue weighted by Gasteiger charge is 2.09. The van der Waals surface area contributed by atoms with E-state index < -0.39 is 0 Å². The lowest BCUT2D eigenvalue weighted by Gasteiger charge is -2.16. The van der Waals surface area contributed by atoms with Gasteiger partial charge in [-0.3, -0.25) is 4.98 Å². The monoisotopic (exact) mass is 250 g/mol. The average molecular weight is 250 g/mol. The Labute approximate surface area is 105 Å². The number of rotatable bonds is 7. The maximum absolute atomic E-state index is 9.02. The van der Waals surface area contributed by atoms with Crippen molar-refractivity contribution in [2.75, 3.05) is 18.5 Å². The molecule has 0 aliphatic rings. The van der Waals surface area contributed by atoms with Crippen molar-refractivity contribution in [3.05, 3.63) is 12.4 Å². The number of nitrogens with zero attached hydrogens (tertiary/aromatic N) is 5. The standard InChI is InChI=1S/C11H18N6O/c1-2-3-9(4-5-18)6-13-10-7-12-8-11-14-15-16-17(10)11/h7-9,13,18H,2-6H2,1H3. The van der Waals surface area contributed by atoms with Crippen LogP contribution >= 0.6 is 0 Å². The van der Waals surface area contributed by atoms with Gasteiger partial charge in [-0.05, 0) is 29.2 Å². The Morgan fingerprint density at radius 1 is 1.39 bits per heavy atom. The van der Waals surface area contributed by atoms with Crippen molar-refractivity contribution >= 4 is 11.5 Å². The minimum atomic E-state index is 0.222. The van der Waals surface area contributed by atoms with Crippen LogP contribution in [0, 0.1) is 5.92 Å². The Balaban J connectivity index is 2.02. The predicted octanol–water partition coefficient (Wildman–Crippen LogP) is 0.730. The van der Waals surface area contributed by atoms with Crippen LogP contribution in [0.3, 0.4) is 0 Å². The topological polar surface area (TPSA) is 88.2 Å². The van der Waals surface area contributed by atoms with Gasteiger partial charge in [-0.25, -0.2) is 0 Å². The van der Waals surface area contributed by atoms with Gasteiger partial charge in [0.2, 0.25) is 0 Å². The van der Waals surface area contributed by atoms with Crippen LogP contribution in [0.2, 0.25) is 0 Å². The molecule has 2 rings (SSSR count). The molecule has 0 fully saturated rings. The van der Waals surface area contributed by atoms with Gasteiger partial charge >= 0.3 is 0 Å². The number of hydrogen-bond acceptors (Lipinski definition) is 6. The van der Waals surface area contributed by atoms with E-state index in [-0.39, 0.29) is 6.61 Å². The zero-order valence-corrected chi connectivity index (χ0v) is 10.5. The third-order valence-corrected chi connectivity index (χ3v) is 2.91. The van der Waals surface area contributed by atoms with E-state index in [0.717, 1.165) is 31.6 Å². The summed E-state index contributed by atoms with van der Waals surface area (Å²) in [4.78, 5) is 4.08. The van der Waals surface area contributed by atoms with E-state index in [9.17, 15) is 0 Å². The molecular weight excluding hydrogens is 232 g/mol. The quantitative estimate of drug-likeness (QED) is 0.753. The number of aliphatic hydroxyl groups is 1. The van der Waals surface area contributed by atoms with Gasteiger partial charge in [0.25, 0.3) is 0 Å². The van der Waals surface area contributed by atoms with Crippen LogP contribution in [0.1, 0.15) is 26.2 Å². The fraction of sp³-hybridized carbons (Fsp3) is 0.636. The van der Waals surface area contributed by atoms with E-state index in [2.05, 4.69) is 32.7 Å². The summed E-state index contributed by atoms with van der Waals surface area (Å²) < 4.78 is 1.62. The third-order valence-electron chi connectivity index (χ3n) is 2.91. The molecule has 0 saturated carbocycles. The fourth-order valence-electron chi connectivity index (χ4n) is 1.98. The molecular formula is C11H18N6O. The minimum Gasteiger partial charge on any atom is -0.396 e. The van der Waals surface area contributed by atoms with Gasteiger partial charge in [0.05, 0.1) is 12.4 Å². The molecule has 2 N–H and O–H groups in total. The van der Waals surface area contributed by atoms with Crippen molar-refractivity contribution in [1.29, 1.82) is 0 Å². The fourth-order valence-corrected chi connectivity index (χ4v) is 1.98. The van der Waals surface area contributed by atoms with Crippen molar-refractivity contribution in [2.24, 2.45) is 5.92 Å². The molecule has 0 radical (unpaired) electrons. The normalized spacial score (nSPS) is 12.8. The highest BCUT2D eigenvalue weighted by molar-refractivity contribution is 5.43. The minimum absolute atomic E-state index is 0.222. The van der Waals surface area contributed by atoms with Gasteiger partial charge in [0.15, 0.2) is 5.65 Å². The summed E-state index contributed by atoms with van der Waals surface area (Å²) in [6.07, 6.45) is 6.32. The number of fused-ring (bicyclic) bond motifs is 1. The first-order chi connectivity index (χ1) is 8.85. The van der Waals surface area contributed by atoms with Crippen LogP contribution < -0.4 is 5.32 Å². The van der Waals surface area contributed by atoms with E-state index >= 15 is 0 Å². The molecule has 18 heavy (non-hydrogen) atoms. The summed E-state index contributed by atoms with van der Waals surface area (Å²) in [5.74, 6) is 1.23. The molecule has 2 aromatic rings. The lowest BCUT2D eigenvalue weighted by Crippen LogP contribution is -2.17. The number of hydrogen-bond donors (Lipinski definition) is 2. The molecule has 0 aliphatic carbocycles. The summed E-state index contributed by atoms with van der Waals surface area (Å²) in [6, 6.07) is 0. The zero-order chi connectivity index (χ0) is 12.8. The van der Waals surface area contributed by atoms with E-state index in [0.29, 0.717) is 11.6 Å².